The third-order valence-corrected chi connectivity index (χ3v) is 3.22. The maximum absolute atomic E-state index is 8.77. The number of aromatic nitrogens is 1. The number of nitriles is 1. The summed E-state index contributed by atoms with van der Waals surface area (Å²) in [7, 11) is 0. The molecule has 14 heavy (non-hydrogen) atoms. The van der Waals surface area contributed by atoms with E-state index in [4.69, 9.17) is 5.26 Å². The first kappa shape index (κ1) is 9.21. The largest absolute Gasteiger partial charge is 0.260 e. The minimum atomic E-state index is 0.686. The smallest absolute Gasteiger partial charge is 0.101 e. The van der Waals surface area contributed by atoms with Gasteiger partial charge in [0, 0.05) is 11.9 Å². The Labute approximate surface area is 84.6 Å². The molecule has 0 aliphatic heterocycles. The molecule has 2 nitrogen and oxygen atoms in total. The van der Waals surface area contributed by atoms with E-state index < -0.39 is 0 Å². The number of fused-ring (bicyclic) bond motifs is 1. The Morgan fingerprint density at radius 2 is 2.07 bits per heavy atom. The van der Waals surface area contributed by atoms with Gasteiger partial charge in [0.25, 0.3) is 0 Å². The maximum Gasteiger partial charge on any atom is 0.101 e. The van der Waals surface area contributed by atoms with E-state index in [0.717, 1.165) is 12.8 Å². The van der Waals surface area contributed by atoms with Crippen molar-refractivity contribution >= 4 is 0 Å². The summed E-state index contributed by atoms with van der Waals surface area (Å²) in [6.07, 6.45) is 3.81. The fraction of sp³-hybridized carbons (Fsp3) is 0.500. The van der Waals surface area contributed by atoms with Gasteiger partial charge in [-0.05, 0) is 36.3 Å². The van der Waals surface area contributed by atoms with Crippen LogP contribution in [0.2, 0.25) is 0 Å². The minimum Gasteiger partial charge on any atom is -0.260 e. The van der Waals surface area contributed by atoms with Gasteiger partial charge in [0.05, 0.1) is 5.56 Å². The van der Waals surface area contributed by atoms with Crippen molar-refractivity contribution in [3.63, 3.8) is 0 Å². The highest BCUT2D eigenvalue weighted by atomic mass is 14.7. The molecule has 1 aromatic heterocycles. The molecule has 1 aliphatic carbocycles. The molecule has 0 saturated heterocycles. The van der Waals surface area contributed by atoms with E-state index in [1.165, 1.54) is 11.3 Å². The molecule has 2 atom stereocenters. The number of hydrogen-bond acceptors (Lipinski definition) is 2. The fourth-order valence-corrected chi connectivity index (χ4v) is 2.01. The fourth-order valence-electron chi connectivity index (χ4n) is 2.01. The molecule has 2 heteroatoms. The summed E-state index contributed by atoms with van der Waals surface area (Å²) in [5.74, 6) is 1.42. The van der Waals surface area contributed by atoms with E-state index in [9.17, 15) is 0 Å². The third-order valence-electron chi connectivity index (χ3n) is 3.22. The number of hydrogen-bond donors (Lipinski definition) is 0. The van der Waals surface area contributed by atoms with Crippen LogP contribution >= 0.6 is 0 Å². The van der Waals surface area contributed by atoms with Gasteiger partial charge in [-0.15, -0.1) is 0 Å². The number of pyridine rings is 1. The molecule has 0 bridgehead atoms. The lowest BCUT2D eigenvalue weighted by molar-refractivity contribution is 0.356. The molecular weight excluding hydrogens is 172 g/mol. The molecule has 2 rings (SSSR count). The number of rotatable bonds is 0. The minimum absolute atomic E-state index is 0.686. The highest BCUT2D eigenvalue weighted by molar-refractivity contribution is 5.34. The predicted octanol–water partition coefficient (Wildman–Crippen LogP) is 2.32. The first-order chi connectivity index (χ1) is 6.70. The van der Waals surface area contributed by atoms with Crippen LogP contribution in [0, 0.1) is 23.2 Å². The van der Waals surface area contributed by atoms with Gasteiger partial charge >= 0.3 is 0 Å². The topological polar surface area (TPSA) is 36.7 Å². The average molecular weight is 186 g/mol. The van der Waals surface area contributed by atoms with Gasteiger partial charge in [-0.3, -0.25) is 4.98 Å². The van der Waals surface area contributed by atoms with Crippen LogP contribution in [-0.2, 0) is 12.8 Å². The molecule has 2 unspecified atom stereocenters. The first-order valence-electron chi connectivity index (χ1n) is 5.08. The molecule has 1 aliphatic rings. The third kappa shape index (κ3) is 1.50. The van der Waals surface area contributed by atoms with Crippen LogP contribution in [0.25, 0.3) is 0 Å². The van der Waals surface area contributed by atoms with E-state index in [2.05, 4.69) is 24.9 Å². The molecule has 0 aromatic carbocycles. The molecule has 0 amide bonds. The highest BCUT2D eigenvalue weighted by Crippen LogP contribution is 2.28. The van der Waals surface area contributed by atoms with Crippen molar-refractivity contribution in [2.45, 2.75) is 26.7 Å². The van der Waals surface area contributed by atoms with E-state index in [1.54, 1.807) is 6.20 Å². The maximum atomic E-state index is 8.77. The van der Waals surface area contributed by atoms with Crippen LogP contribution in [0.1, 0.15) is 30.7 Å². The summed E-state index contributed by atoms with van der Waals surface area (Å²) in [6.45, 7) is 4.54. The van der Waals surface area contributed by atoms with Crippen LogP contribution in [0.3, 0.4) is 0 Å². The van der Waals surface area contributed by atoms with Crippen LogP contribution in [0.5, 0.6) is 0 Å². The lowest BCUT2D eigenvalue weighted by Crippen LogP contribution is -2.21. The van der Waals surface area contributed by atoms with Crippen LogP contribution < -0.4 is 0 Å². The predicted molar refractivity (Wildman–Crippen MR) is 54.7 cm³/mol. The Hall–Kier alpha value is -1.36. The SMILES string of the molecule is CC1Cc2cc(C#N)cnc2CC1C. The molecular formula is C12H14N2. The van der Waals surface area contributed by atoms with Crippen molar-refractivity contribution in [3.05, 3.63) is 29.1 Å². The molecule has 0 saturated carbocycles. The van der Waals surface area contributed by atoms with Crippen molar-refractivity contribution in [2.24, 2.45) is 11.8 Å². The summed E-state index contributed by atoms with van der Waals surface area (Å²) in [4.78, 5) is 4.35. The standard InChI is InChI=1S/C12H14N2/c1-8-3-11-5-10(6-13)7-14-12(11)4-9(8)2/h5,7-9H,3-4H2,1-2H3. The monoisotopic (exact) mass is 186 g/mol. The highest BCUT2D eigenvalue weighted by Gasteiger charge is 2.22. The summed E-state index contributed by atoms with van der Waals surface area (Å²) in [6, 6.07) is 4.13. The summed E-state index contributed by atoms with van der Waals surface area (Å²) >= 11 is 0. The normalized spacial score (nSPS) is 25.2. The van der Waals surface area contributed by atoms with E-state index in [1.807, 2.05) is 6.07 Å². The summed E-state index contributed by atoms with van der Waals surface area (Å²) < 4.78 is 0. The Kier molecular flexibility index (Phi) is 2.25. The Morgan fingerprint density at radius 3 is 2.79 bits per heavy atom. The van der Waals surface area contributed by atoms with Crippen molar-refractivity contribution in [1.82, 2.24) is 4.98 Å². The number of nitrogens with zero attached hydrogens (tertiary/aromatic N) is 2. The Balaban J connectivity index is 2.39. The van der Waals surface area contributed by atoms with E-state index in [-0.39, 0.29) is 0 Å². The molecule has 72 valence electrons. The van der Waals surface area contributed by atoms with E-state index >= 15 is 0 Å². The molecule has 0 fully saturated rings. The van der Waals surface area contributed by atoms with Crippen molar-refractivity contribution in [3.8, 4) is 6.07 Å². The molecule has 0 N–H and O–H groups in total. The van der Waals surface area contributed by atoms with Gasteiger partial charge in [0.2, 0.25) is 0 Å². The van der Waals surface area contributed by atoms with Crippen LogP contribution in [0.4, 0.5) is 0 Å². The molecule has 0 radical (unpaired) electrons. The Morgan fingerprint density at radius 1 is 1.36 bits per heavy atom. The molecule has 0 spiro atoms. The second kappa shape index (κ2) is 3.42. The van der Waals surface area contributed by atoms with Gasteiger partial charge in [0.15, 0.2) is 0 Å². The van der Waals surface area contributed by atoms with Crippen molar-refractivity contribution in [1.29, 1.82) is 5.26 Å². The molecule has 1 aromatic rings. The lowest BCUT2D eigenvalue weighted by Gasteiger charge is -2.26. The van der Waals surface area contributed by atoms with Gasteiger partial charge < -0.3 is 0 Å². The van der Waals surface area contributed by atoms with Gasteiger partial charge in [-0.25, -0.2) is 0 Å². The zero-order valence-electron chi connectivity index (χ0n) is 8.62. The molecule has 1 heterocycles. The second-order valence-electron chi connectivity index (χ2n) is 4.30. The van der Waals surface area contributed by atoms with Gasteiger partial charge in [-0.2, -0.15) is 5.26 Å². The van der Waals surface area contributed by atoms with Crippen LogP contribution in [-0.4, -0.2) is 4.98 Å². The van der Waals surface area contributed by atoms with Gasteiger partial charge in [-0.1, -0.05) is 13.8 Å². The second-order valence-corrected chi connectivity index (χ2v) is 4.30. The van der Waals surface area contributed by atoms with E-state index in [0.29, 0.717) is 17.4 Å². The summed E-state index contributed by atoms with van der Waals surface area (Å²) in [5.41, 5.74) is 3.15. The first-order valence-corrected chi connectivity index (χ1v) is 5.08. The quantitative estimate of drug-likeness (QED) is 0.623. The summed E-state index contributed by atoms with van der Waals surface area (Å²) in [5, 5.41) is 8.77. The zero-order valence-corrected chi connectivity index (χ0v) is 8.62. The van der Waals surface area contributed by atoms with Crippen molar-refractivity contribution in [2.75, 3.05) is 0 Å². The van der Waals surface area contributed by atoms with Crippen LogP contribution in [0.15, 0.2) is 12.3 Å². The zero-order chi connectivity index (χ0) is 10.1. The average Bonchev–Trinajstić information content (AvgIpc) is 2.19. The lowest BCUT2D eigenvalue weighted by atomic mass is 9.80. The van der Waals surface area contributed by atoms with Crippen molar-refractivity contribution < 1.29 is 0 Å². The Bertz CT molecular complexity index is 390. The van der Waals surface area contributed by atoms with Gasteiger partial charge in [0.1, 0.15) is 6.07 Å².